The van der Waals surface area contributed by atoms with Gasteiger partial charge in [-0.2, -0.15) is 5.10 Å². The largest absolute Gasteiger partial charge is 0.336 e. The minimum absolute atomic E-state index is 0.118. The molecular formula is C18H24N4O. The Morgan fingerprint density at radius 3 is 2.39 bits per heavy atom. The minimum Gasteiger partial charge on any atom is -0.336 e. The fourth-order valence-electron chi connectivity index (χ4n) is 3.08. The summed E-state index contributed by atoms with van der Waals surface area (Å²) in [5.74, 6) is 0.118. The number of carbonyl (C=O) groups is 1. The quantitative estimate of drug-likeness (QED) is 0.870. The van der Waals surface area contributed by atoms with Crippen molar-refractivity contribution in [3.05, 3.63) is 52.8 Å². The lowest BCUT2D eigenvalue weighted by atomic mass is 10.1. The number of hydrogen-bond donors (Lipinski definition) is 0. The normalized spacial score (nSPS) is 15.9. The number of hydrogen-bond acceptors (Lipinski definition) is 3. The summed E-state index contributed by atoms with van der Waals surface area (Å²) in [5, 5.41) is 4.60. The molecule has 5 heteroatoms. The van der Waals surface area contributed by atoms with Gasteiger partial charge in [0.05, 0.1) is 17.8 Å². The molecule has 2 heterocycles. The van der Waals surface area contributed by atoms with Gasteiger partial charge in [-0.1, -0.05) is 30.3 Å². The van der Waals surface area contributed by atoms with Crippen LogP contribution in [0.5, 0.6) is 0 Å². The van der Waals surface area contributed by atoms with Gasteiger partial charge in [0, 0.05) is 31.9 Å². The molecule has 23 heavy (non-hydrogen) atoms. The topological polar surface area (TPSA) is 41.4 Å². The molecule has 0 radical (unpaired) electrons. The lowest BCUT2D eigenvalue weighted by Crippen LogP contribution is -2.47. The van der Waals surface area contributed by atoms with Crippen LogP contribution in [0.3, 0.4) is 0 Å². The molecule has 1 aliphatic heterocycles. The second kappa shape index (κ2) is 6.54. The van der Waals surface area contributed by atoms with Crippen LogP contribution in [0.15, 0.2) is 30.3 Å². The van der Waals surface area contributed by atoms with Crippen molar-refractivity contribution in [3.8, 4) is 0 Å². The average Bonchev–Trinajstić information content (AvgIpc) is 2.82. The van der Waals surface area contributed by atoms with Gasteiger partial charge in [-0.25, -0.2) is 0 Å². The Hall–Kier alpha value is -2.14. The number of piperazine rings is 1. The van der Waals surface area contributed by atoms with Crippen molar-refractivity contribution in [1.29, 1.82) is 0 Å². The molecule has 0 saturated carbocycles. The summed E-state index contributed by atoms with van der Waals surface area (Å²) in [6.07, 6.45) is 0. The van der Waals surface area contributed by atoms with Gasteiger partial charge in [-0.15, -0.1) is 0 Å². The standard InChI is InChI=1S/C18H24N4O/c1-14-17(18(23)21-11-9-20(3)10-12-21)15(2)22(19-14)13-16-7-5-4-6-8-16/h4-8H,9-13H2,1-3H3. The van der Waals surface area contributed by atoms with E-state index in [1.165, 1.54) is 5.56 Å². The number of aryl methyl sites for hydroxylation is 1. The number of nitrogens with zero attached hydrogens (tertiary/aromatic N) is 4. The number of carbonyl (C=O) groups excluding carboxylic acids is 1. The Bertz CT molecular complexity index is 685. The molecule has 0 unspecified atom stereocenters. The highest BCUT2D eigenvalue weighted by Crippen LogP contribution is 2.18. The monoisotopic (exact) mass is 312 g/mol. The van der Waals surface area contributed by atoms with E-state index in [4.69, 9.17) is 0 Å². The van der Waals surface area contributed by atoms with Gasteiger partial charge in [-0.05, 0) is 26.5 Å². The molecule has 1 amide bonds. The van der Waals surface area contributed by atoms with Crippen LogP contribution in [0.1, 0.15) is 27.3 Å². The smallest absolute Gasteiger partial charge is 0.257 e. The van der Waals surface area contributed by atoms with E-state index < -0.39 is 0 Å². The Labute approximate surface area is 137 Å². The maximum atomic E-state index is 12.9. The van der Waals surface area contributed by atoms with Gasteiger partial charge < -0.3 is 9.80 Å². The van der Waals surface area contributed by atoms with E-state index in [-0.39, 0.29) is 5.91 Å². The van der Waals surface area contributed by atoms with E-state index in [0.29, 0.717) is 6.54 Å². The van der Waals surface area contributed by atoms with Crippen molar-refractivity contribution >= 4 is 5.91 Å². The summed E-state index contributed by atoms with van der Waals surface area (Å²) in [6, 6.07) is 10.2. The van der Waals surface area contributed by atoms with Crippen LogP contribution >= 0.6 is 0 Å². The molecule has 1 aromatic heterocycles. The molecule has 2 aromatic rings. The first-order valence-corrected chi connectivity index (χ1v) is 8.12. The van der Waals surface area contributed by atoms with Crippen LogP contribution in [-0.4, -0.2) is 58.7 Å². The minimum atomic E-state index is 0.118. The van der Waals surface area contributed by atoms with E-state index in [1.54, 1.807) is 0 Å². The van der Waals surface area contributed by atoms with Crippen LogP contribution in [0.25, 0.3) is 0 Å². The summed E-state index contributed by atoms with van der Waals surface area (Å²) < 4.78 is 1.94. The average molecular weight is 312 g/mol. The molecule has 0 aliphatic carbocycles. The molecule has 0 bridgehead atoms. The summed E-state index contributed by atoms with van der Waals surface area (Å²) >= 11 is 0. The zero-order valence-electron chi connectivity index (χ0n) is 14.1. The van der Waals surface area contributed by atoms with Crippen molar-refractivity contribution < 1.29 is 4.79 Å². The second-order valence-electron chi connectivity index (χ2n) is 6.28. The summed E-state index contributed by atoms with van der Waals surface area (Å²) in [4.78, 5) is 17.1. The second-order valence-corrected chi connectivity index (χ2v) is 6.28. The number of rotatable bonds is 3. The summed E-state index contributed by atoms with van der Waals surface area (Å²) in [5.41, 5.74) is 3.74. The lowest BCUT2D eigenvalue weighted by Gasteiger charge is -2.32. The van der Waals surface area contributed by atoms with Gasteiger partial charge in [0.25, 0.3) is 5.91 Å². The fraction of sp³-hybridized carbons (Fsp3) is 0.444. The third-order valence-electron chi connectivity index (χ3n) is 4.56. The molecule has 0 spiro atoms. The molecule has 5 nitrogen and oxygen atoms in total. The molecule has 3 rings (SSSR count). The molecule has 1 aromatic carbocycles. The van der Waals surface area contributed by atoms with Crippen molar-refractivity contribution in [2.24, 2.45) is 0 Å². The van der Waals surface area contributed by atoms with Crippen LogP contribution in [0.2, 0.25) is 0 Å². The highest BCUT2D eigenvalue weighted by atomic mass is 16.2. The van der Waals surface area contributed by atoms with E-state index in [0.717, 1.165) is 43.1 Å². The van der Waals surface area contributed by atoms with E-state index in [9.17, 15) is 4.79 Å². The number of amides is 1. The first-order chi connectivity index (χ1) is 11.1. The fourth-order valence-corrected chi connectivity index (χ4v) is 3.08. The lowest BCUT2D eigenvalue weighted by molar-refractivity contribution is 0.0662. The predicted molar refractivity (Wildman–Crippen MR) is 90.6 cm³/mol. The van der Waals surface area contributed by atoms with Gasteiger partial charge in [0.1, 0.15) is 0 Å². The van der Waals surface area contributed by atoms with Gasteiger partial charge in [0.15, 0.2) is 0 Å². The van der Waals surface area contributed by atoms with E-state index >= 15 is 0 Å². The molecule has 0 atom stereocenters. The number of benzene rings is 1. The predicted octanol–water partition coefficient (Wildman–Crippen LogP) is 1.94. The molecule has 122 valence electrons. The van der Waals surface area contributed by atoms with Gasteiger partial charge in [0.2, 0.25) is 0 Å². The molecule has 1 fully saturated rings. The molecule has 0 N–H and O–H groups in total. The number of aromatic nitrogens is 2. The van der Waals surface area contributed by atoms with Crippen molar-refractivity contribution in [1.82, 2.24) is 19.6 Å². The highest BCUT2D eigenvalue weighted by molar-refractivity contribution is 5.96. The third-order valence-corrected chi connectivity index (χ3v) is 4.56. The molecule has 1 aliphatic rings. The Balaban J connectivity index is 1.81. The van der Waals surface area contributed by atoms with Crippen LogP contribution < -0.4 is 0 Å². The van der Waals surface area contributed by atoms with Crippen molar-refractivity contribution in [3.63, 3.8) is 0 Å². The zero-order chi connectivity index (χ0) is 16.4. The first kappa shape index (κ1) is 15.7. The highest BCUT2D eigenvalue weighted by Gasteiger charge is 2.25. The maximum absolute atomic E-state index is 12.9. The molecular weight excluding hydrogens is 288 g/mol. The Morgan fingerprint density at radius 1 is 1.09 bits per heavy atom. The van der Waals surface area contributed by atoms with Crippen LogP contribution in [0.4, 0.5) is 0 Å². The van der Waals surface area contributed by atoms with Gasteiger partial charge >= 0.3 is 0 Å². The Kier molecular flexibility index (Phi) is 4.48. The summed E-state index contributed by atoms with van der Waals surface area (Å²) in [7, 11) is 2.09. The zero-order valence-corrected chi connectivity index (χ0v) is 14.1. The Morgan fingerprint density at radius 2 is 1.74 bits per heavy atom. The van der Waals surface area contributed by atoms with Crippen LogP contribution in [0, 0.1) is 13.8 Å². The first-order valence-electron chi connectivity index (χ1n) is 8.12. The SMILES string of the molecule is Cc1nn(Cc2ccccc2)c(C)c1C(=O)N1CCN(C)CC1. The van der Waals surface area contributed by atoms with Crippen LogP contribution in [-0.2, 0) is 6.54 Å². The molecule has 1 saturated heterocycles. The maximum Gasteiger partial charge on any atom is 0.257 e. The van der Waals surface area contributed by atoms with Crippen molar-refractivity contribution in [2.45, 2.75) is 20.4 Å². The van der Waals surface area contributed by atoms with Crippen molar-refractivity contribution in [2.75, 3.05) is 33.2 Å². The number of likely N-dealkylation sites (N-methyl/N-ethyl adjacent to an activating group) is 1. The van der Waals surface area contributed by atoms with E-state index in [2.05, 4.69) is 29.2 Å². The van der Waals surface area contributed by atoms with E-state index in [1.807, 2.05) is 41.6 Å². The third kappa shape index (κ3) is 3.29. The summed E-state index contributed by atoms with van der Waals surface area (Å²) in [6.45, 7) is 8.06. The van der Waals surface area contributed by atoms with Gasteiger partial charge in [-0.3, -0.25) is 9.48 Å².